The average Bonchev–Trinajstić information content (AvgIpc) is 2.38. The fourth-order valence-electron chi connectivity index (χ4n) is 1.74. The summed E-state index contributed by atoms with van der Waals surface area (Å²) in [6.07, 6.45) is 0.519. The van der Waals surface area contributed by atoms with Crippen LogP contribution in [-0.2, 0) is 14.8 Å². The molecular formula is C13H18BrNO5S. The van der Waals surface area contributed by atoms with E-state index in [-0.39, 0.29) is 16.5 Å². The van der Waals surface area contributed by atoms with Crippen LogP contribution in [-0.4, -0.2) is 39.3 Å². The third-order valence-corrected chi connectivity index (χ3v) is 5.80. The minimum atomic E-state index is -3.81. The van der Waals surface area contributed by atoms with Crippen LogP contribution in [0, 0.1) is 6.92 Å². The third-order valence-electron chi connectivity index (χ3n) is 2.87. The number of hydrogen-bond donors (Lipinski definition) is 2. The quantitative estimate of drug-likeness (QED) is 0.756. The largest absolute Gasteiger partial charge is 0.478 e. The topological polar surface area (TPSA) is 92.7 Å². The summed E-state index contributed by atoms with van der Waals surface area (Å²) in [5.41, 5.74) is 0.473. The van der Waals surface area contributed by atoms with Gasteiger partial charge in [0.2, 0.25) is 10.0 Å². The van der Waals surface area contributed by atoms with E-state index in [4.69, 9.17) is 9.84 Å². The van der Waals surface area contributed by atoms with Crippen molar-refractivity contribution in [3.63, 3.8) is 0 Å². The highest BCUT2D eigenvalue weighted by Crippen LogP contribution is 2.27. The number of carboxylic acid groups (broad SMARTS) is 1. The molecule has 0 aliphatic carbocycles. The zero-order valence-corrected chi connectivity index (χ0v) is 14.4. The lowest BCUT2D eigenvalue weighted by atomic mass is 10.1. The molecule has 0 saturated carbocycles. The zero-order chi connectivity index (χ0) is 16.2. The molecule has 118 valence electrons. The summed E-state index contributed by atoms with van der Waals surface area (Å²) >= 11 is 3.21. The number of sulfonamides is 1. The van der Waals surface area contributed by atoms with Gasteiger partial charge in [-0.2, -0.15) is 0 Å². The van der Waals surface area contributed by atoms with Gasteiger partial charge in [-0.1, -0.05) is 0 Å². The molecule has 0 heterocycles. The Hall–Kier alpha value is -0.960. The number of benzene rings is 1. The molecule has 0 saturated heterocycles. The lowest BCUT2D eigenvalue weighted by Gasteiger charge is -2.16. The maximum atomic E-state index is 12.4. The minimum Gasteiger partial charge on any atom is -0.478 e. The number of nitrogens with one attached hydrogen (secondary N) is 1. The Kier molecular flexibility index (Phi) is 6.33. The number of halogens is 1. The van der Waals surface area contributed by atoms with Crippen LogP contribution in [0.5, 0.6) is 0 Å². The van der Waals surface area contributed by atoms with Crippen molar-refractivity contribution in [2.75, 3.05) is 13.7 Å². The van der Waals surface area contributed by atoms with Gasteiger partial charge in [-0.05, 0) is 53.9 Å². The number of rotatable bonds is 7. The van der Waals surface area contributed by atoms with Crippen molar-refractivity contribution < 1.29 is 23.1 Å². The van der Waals surface area contributed by atoms with Crippen molar-refractivity contribution in [2.24, 2.45) is 0 Å². The number of ether oxygens (including phenoxy) is 1. The van der Waals surface area contributed by atoms with Gasteiger partial charge in [0.1, 0.15) is 0 Å². The van der Waals surface area contributed by atoms with Gasteiger partial charge in [0, 0.05) is 24.2 Å². The Bertz CT molecular complexity index is 630. The van der Waals surface area contributed by atoms with Crippen LogP contribution < -0.4 is 4.72 Å². The van der Waals surface area contributed by atoms with Crippen LogP contribution in [0.3, 0.4) is 0 Å². The van der Waals surface area contributed by atoms with Crippen LogP contribution in [0.4, 0.5) is 0 Å². The first kappa shape index (κ1) is 18.1. The van der Waals surface area contributed by atoms with Gasteiger partial charge in [0.25, 0.3) is 0 Å². The predicted octanol–water partition coefficient (Wildman–Crippen LogP) is 2.16. The molecule has 2 N–H and O–H groups in total. The maximum Gasteiger partial charge on any atom is 0.335 e. The Balaban J connectivity index is 3.16. The summed E-state index contributed by atoms with van der Waals surface area (Å²) in [6.45, 7) is 3.79. The van der Waals surface area contributed by atoms with Gasteiger partial charge in [-0.3, -0.25) is 0 Å². The third kappa shape index (κ3) is 4.77. The van der Waals surface area contributed by atoms with Gasteiger partial charge in [0.05, 0.1) is 10.5 Å². The summed E-state index contributed by atoms with van der Waals surface area (Å²) in [6, 6.07) is 2.24. The summed E-state index contributed by atoms with van der Waals surface area (Å²) in [4.78, 5) is 11.0. The first-order chi connectivity index (χ1) is 9.69. The Morgan fingerprint density at radius 2 is 2.10 bits per heavy atom. The number of aryl methyl sites for hydroxylation is 1. The van der Waals surface area contributed by atoms with Gasteiger partial charge >= 0.3 is 5.97 Å². The summed E-state index contributed by atoms with van der Waals surface area (Å²) in [5.74, 6) is -1.17. The van der Waals surface area contributed by atoms with E-state index < -0.39 is 16.0 Å². The summed E-state index contributed by atoms with van der Waals surface area (Å²) in [7, 11) is -2.28. The second-order valence-corrected chi connectivity index (χ2v) is 7.19. The van der Waals surface area contributed by atoms with Crippen molar-refractivity contribution in [3.05, 3.63) is 27.7 Å². The number of carbonyl (C=O) groups is 1. The monoisotopic (exact) mass is 379 g/mol. The molecular weight excluding hydrogens is 362 g/mol. The second kappa shape index (κ2) is 7.35. The van der Waals surface area contributed by atoms with Crippen LogP contribution in [0.15, 0.2) is 21.5 Å². The van der Waals surface area contributed by atoms with Crippen LogP contribution in [0.2, 0.25) is 0 Å². The van der Waals surface area contributed by atoms with E-state index in [1.54, 1.807) is 13.8 Å². The van der Waals surface area contributed by atoms with E-state index >= 15 is 0 Å². The molecule has 1 aromatic rings. The molecule has 0 radical (unpaired) electrons. The highest BCUT2D eigenvalue weighted by molar-refractivity contribution is 9.10. The predicted molar refractivity (Wildman–Crippen MR) is 82.1 cm³/mol. The smallest absolute Gasteiger partial charge is 0.335 e. The van der Waals surface area contributed by atoms with E-state index in [1.165, 1.54) is 13.2 Å². The standard InChI is InChI=1S/C13H18BrNO5S/c1-8-6-10(13(16)17)7-11(12(8)14)21(18,19)15-9(2)4-5-20-3/h6-7,9,15H,4-5H2,1-3H3,(H,16,17). The molecule has 1 unspecified atom stereocenters. The molecule has 1 atom stereocenters. The highest BCUT2D eigenvalue weighted by atomic mass is 79.9. The average molecular weight is 380 g/mol. The molecule has 0 amide bonds. The van der Waals surface area contributed by atoms with Crippen LogP contribution in [0.25, 0.3) is 0 Å². The van der Waals surface area contributed by atoms with E-state index in [0.717, 1.165) is 6.07 Å². The number of methoxy groups -OCH3 is 1. The summed E-state index contributed by atoms with van der Waals surface area (Å²) < 4.78 is 32.5. The molecule has 0 aromatic heterocycles. The molecule has 21 heavy (non-hydrogen) atoms. The van der Waals surface area contributed by atoms with Crippen molar-refractivity contribution in [1.82, 2.24) is 4.72 Å². The fourth-order valence-corrected chi connectivity index (χ4v) is 4.06. The van der Waals surface area contributed by atoms with Crippen molar-refractivity contribution in [2.45, 2.75) is 31.2 Å². The van der Waals surface area contributed by atoms with Crippen molar-refractivity contribution in [1.29, 1.82) is 0 Å². The van der Waals surface area contributed by atoms with Crippen LogP contribution >= 0.6 is 15.9 Å². The van der Waals surface area contributed by atoms with Gasteiger partial charge in [-0.25, -0.2) is 17.9 Å². The molecule has 8 heteroatoms. The SMILES string of the molecule is COCCC(C)NS(=O)(=O)c1cc(C(=O)O)cc(C)c1Br. The van der Waals surface area contributed by atoms with Crippen molar-refractivity contribution >= 4 is 31.9 Å². The first-order valence-corrected chi connectivity index (χ1v) is 8.51. The second-order valence-electron chi connectivity index (χ2n) is 4.71. The molecule has 0 fully saturated rings. The molecule has 0 aliphatic rings. The lowest BCUT2D eigenvalue weighted by molar-refractivity contribution is 0.0696. The molecule has 1 rings (SSSR count). The molecule has 0 aliphatic heterocycles. The fraction of sp³-hybridized carbons (Fsp3) is 0.462. The van der Waals surface area contributed by atoms with Crippen molar-refractivity contribution in [3.8, 4) is 0 Å². The van der Waals surface area contributed by atoms with E-state index in [9.17, 15) is 13.2 Å². The number of hydrogen-bond acceptors (Lipinski definition) is 4. The van der Waals surface area contributed by atoms with E-state index in [1.807, 2.05) is 0 Å². The normalized spacial score (nSPS) is 13.1. The zero-order valence-electron chi connectivity index (χ0n) is 12.0. The van der Waals surface area contributed by atoms with Gasteiger partial charge < -0.3 is 9.84 Å². The number of carboxylic acids is 1. The Labute approximate surface area is 132 Å². The van der Waals surface area contributed by atoms with E-state index in [0.29, 0.717) is 23.1 Å². The minimum absolute atomic E-state index is 0.0689. The Morgan fingerprint density at radius 1 is 1.48 bits per heavy atom. The maximum absolute atomic E-state index is 12.4. The highest BCUT2D eigenvalue weighted by Gasteiger charge is 2.23. The molecule has 0 bridgehead atoms. The van der Waals surface area contributed by atoms with Gasteiger partial charge in [-0.15, -0.1) is 0 Å². The van der Waals surface area contributed by atoms with E-state index in [2.05, 4.69) is 20.7 Å². The van der Waals surface area contributed by atoms with Crippen LogP contribution in [0.1, 0.15) is 29.3 Å². The summed E-state index contributed by atoms with van der Waals surface area (Å²) in [5, 5.41) is 9.04. The molecule has 0 spiro atoms. The number of aromatic carboxylic acids is 1. The first-order valence-electron chi connectivity index (χ1n) is 6.23. The van der Waals surface area contributed by atoms with Gasteiger partial charge in [0.15, 0.2) is 0 Å². The molecule has 6 nitrogen and oxygen atoms in total. The Morgan fingerprint density at radius 3 is 2.62 bits per heavy atom. The molecule has 1 aromatic carbocycles. The lowest BCUT2D eigenvalue weighted by Crippen LogP contribution is -2.33.